The van der Waals surface area contributed by atoms with Gasteiger partial charge in [-0.15, -0.1) is 0 Å². The molecule has 0 aliphatic heterocycles. The molecule has 29 heavy (non-hydrogen) atoms. The van der Waals surface area contributed by atoms with Crippen LogP contribution in [0.2, 0.25) is 5.02 Å². The summed E-state index contributed by atoms with van der Waals surface area (Å²) in [5.74, 6) is 0.312. The molecule has 0 aromatic heterocycles. The summed E-state index contributed by atoms with van der Waals surface area (Å²) in [5, 5.41) is 13.4. The summed E-state index contributed by atoms with van der Waals surface area (Å²) in [5.41, 5.74) is 1.38. The van der Waals surface area contributed by atoms with E-state index in [-0.39, 0.29) is 24.1 Å². The van der Waals surface area contributed by atoms with Crippen molar-refractivity contribution >= 4 is 34.0 Å². The first-order valence-corrected chi connectivity index (χ1v) is 9.43. The second-order valence-corrected chi connectivity index (χ2v) is 7.33. The molecular formula is C22H21ClN2O4. The minimum absolute atomic E-state index is 0.0525. The number of benzene rings is 3. The lowest BCUT2D eigenvalue weighted by Crippen LogP contribution is -2.30. The molecular weight excluding hydrogens is 392 g/mol. The molecule has 7 heteroatoms. The quantitative estimate of drug-likeness (QED) is 0.413. The van der Waals surface area contributed by atoms with Gasteiger partial charge >= 0.3 is 0 Å². The summed E-state index contributed by atoms with van der Waals surface area (Å²) >= 11 is 6.17. The van der Waals surface area contributed by atoms with Crippen LogP contribution in [0, 0.1) is 10.1 Å². The number of likely N-dealkylation sites (N-methyl/N-ethyl adjacent to an activating group) is 1. The van der Waals surface area contributed by atoms with E-state index in [0.717, 1.165) is 22.1 Å². The lowest BCUT2D eigenvalue weighted by Gasteiger charge is -2.22. The van der Waals surface area contributed by atoms with E-state index in [1.165, 1.54) is 23.1 Å². The predicted octanol–water partition coefficient (Wildman–Crippen LogP) is 5.17. The average Bonchev–Trinajstić information content (AvgIpc) is 2.73. The summed E-state index contributed by atoms with van der Waals surface area (Å²) in [6.07, 6.45) is 0. The topological polar surface area (TPSA) is 72.7 Å². The fraction of sp³-hybridized carbons (Fsp3) is 0.227. The first kappa shape index (κ1) is 20.6. The van der Waals surface area contributed by atoms with Gasteiger partial charge < -0.3 is 9.64 Å². The zero-order chi connectivity index (χ0) is 21.1. The number of amides is 1. The van der Waals surface area contributed by atoms with Crippen LogP contribution in [0.5, 0.6) is 5.75 Å². The number of carbonyl (C=O) groups is 1. The van der Waals surface area contributed by atoms with Crippen LogP contribution in [0.15, 0.2) is 54.6 Å². The Bertz CT molecular complexity index is 1080. The Kier molecular flexibility index (Phi) is 6.03. The molecule has 0 spiro atoms. The first-order chi connectivity index (χ1) is 13.8. The average molecular weight is 413 g/mol. The third-order valence-electron chi connectivity index (χ3n) is 4.97. The number of hydrogen-bond acceptors (Lipinski definition) is 4. The summed E-state index contributed by atoms with van der Waals surface area (Å²) in [4.78, 5) is 25.0. The van der Waals surface area contributed by atoms with Gasteiger partial charge in [0.2, 0.25) is 5.91 Å². The molecule has 0 radical (unpaired) electrons. The Morgan fingerprint density at radius 3 is 2.52 bits per heavy atom. The Morgan fingerprint density at radius 2 is 1.83 bits per heavy atom. The number of methoxy groups -OCH3 is 1. The summed E-state index contributed by atoms with van der Waals surface area (Å²) in [6.45, 7) is 2.03. The lowest BCUT2D eigenvalue weighted by atomic mass is 9.96. The van der Waals surface area contributed by atoms with E-state index in [9.17, 15) is 14.9 Å². The Morgan fingerprint density at radius 1 is 1.14 bits per heavy atom. The minimum atomic E-state index is -0.478. The van der Waals surface area contributed by atoms with Gasteiger partial charge in [-0.05, 0) is 47.0 Å². The largest absolute Gasteiger partial charge is 0.497 e. The standard InChI is InChI=1S/C22H21ClN2O4/c1-14(15-4-5-17-12-20(29-3)8-6-16(17)10-15)22(26)24(2)13-18-11-19(25(27)28)7-9-21(18)23/h4-12,14H,13H2,1-3H3/t14-/m0/s1. The Hall–Kier alpha value is -3.12. The van der Waals surface area contributed by atoms with E-state index < -0.39 is 4.92 Å². The molecule has 3 rings (SSSR count). The normalized spacial score (nSPS) is 11.9. The van der Waals surface area contributed by atoms with Crippen LogP contribution in [-0.2, 0) is 11.3 Å². The fourth-order valence-corrected chi connectivity index (χ4v) is 3.42. The molecule has 0 heterocycles. The van der Waals surface area contributed by atoms with Crippen molar-refractivity contribution in [3.05, 3.63) is 80.9 Å². The molecule has 0 saturated carbocycles. The molecule has 3 aromatic rings. The molecule has 0 unspecified atom stereocenters. The molecule has 0 aliphatic rings. The minimum Gasteiger partial charge on any atom is -0.497 e. The van der Waals surface area contributed by atoms with Crippen molar-refractivity contribution in [3.8, 4) is 5.75 Å². The van der Waals surface area contributed by atoms with Crippen molar-refractivity contribution in [1.82, 2.24) is 4.90 Å². The number of nitrogens with zero attached hydrogens (tertiary/aromatic N) is 2. The number of ether oxygens (including phenoxy) is 1. The first-order valence-electron chi connectivity index (χ1n) is 9.05. The SMILES string of the molecule is COc1ccc2cc([C@H](C)C(=O)N(C)Cc3cc([N+](=O)[O-])ccc3Cl)ccc2c1. The van der Waals surface area contributed by atoms with Crippen LogP contribution >= 0.6 is 11.6 Å². The van der Waals surface area contributed by atoms with Crippen molar-refractivity contribution in [3.63, 3.8) is 0 Å². The number of fused-ring (bicyclic) bond motifs is 1. The van der Waals surface area contributed by atoms with Crippen molar-refractivity contribution in [2.45, 2.75) is 19.4 Å². The van der Waals surface area contributed by atoms with Crippen LogP contribution in [0.3, 0.4) is 0 Å². The van der Waals surface area contributed by atoms with E-state index in [1.54, 1.807) is 14.2 Å². The molecule has 1 amide bonds. The molecule has 6 nitrogen and oxygen atoms in total. The number of non-ortho nitro benzene ring substituents is 1. The lowest BCUT2D eigenvalue weighted by molar-refractivity contribution is -0.384. The molecule has 3 aromatic carbocycles. The second kappa shape index (κ2) is 8.49. The molecule has 0 fully saturated rings. The van der Waals surface area contributed by atoms with E-state index in [2.05, 4.69) is 0 Å². The van der Waals surface area contributed by atoms with Crippen LogP contribution in [0.25, 0.3) is 10.8 Å². The summed E-state index contributed by atoms with van der Waals surface area (Å²) in [7, 11) is 3.29. The number of rotatable bonds is 6. The van der Waals surface area contributed by atoms with E-state index >= 15 is 0 Å². The van der Waals surface area contributed by atoms with Crippen molar-refractivity contribution < 1.29 is 14.5 Å². The highest BCUT2D eigenvalue weighted by Crippen LogP contribution is 2.27. The van der Waals surface area contributed by atoms with E-state index in [1.807, 2.05) is 43.3 Å². The fourth-order valence-electron chi connectivity index (χ4n) is 3.24. The van der Waals surface area contributed by atoms with E-state index in [0.29, 0.717) is 10.6 Å². The number of carbonyl (C=O) groups excluding carboxylic acids is 1. The second-order valence-electron chi connectivity index (χ2n) is 6.92. The highest BCUT2D eigenvalue weighted by molar-refractivity contribution is 6.31. The third kappa shape index (κ3) is 4.49. The van der Waals surface area contributed by atoms with Crippen LogP contribution in [-0.4, -0.2) is 29.9 Å². The smallest absolute Gasteiger partial charge is 0.269 e. The molecule has 0 bridgehead atoms. The van der Waals surface area contributed by atoms with Crippen LogP contribution in [0.4, 0.5) is 5.69 Å². The van der Waals surface area contributed by atoms with Gasteiger partial charge in [-0.1, -0.05) is 35.9 Å². The van der Waals surface area contributed by atoms with Crippen molar-refractivity contribution in [1.29, 1.82) is 0 Å². The number of nitro benzene ring substituents is 1. The summed E-state index contributed by atoms with van der Waals surface area (Å²) < 4.78 is 5.25. The molecule has 0 saturated heterocycles. The van der Waals surface area contributed by atoms with Gasteiger partial charge in [0.1, 0.15) is 5.75 Å². The van der Waals surface area contributed by atoms with E-state index in [4.69, 9.17) is 16.3 Å². The van der Waals surface area contributed by atoms with Crippen LogP contribution < -0.4 is 4.74 Å². The monoisotopic (exact) mass is 412 g/mol. The zero-order valence-electron chi connectivity index (χ0n) is 16.4. The maximum absolute atomic E-state index is 12.9. The maximum Gasteiger partial charge on any atom is 0.269 e. The van der Waals surface area contributed by atoms with Gasteiger partial charge in [0.15, 0.2) is 0 Å². The predicted molar refractivity (Wildman–Crippen MR) is 113 cm³/mol. The molecule has 0 N–H and O–H groups in total. The van der Waals surface area contributed by atoms with Gasteiger partial charge in [0.05, 0.1) is 18.0 Å². The molecule has 0 aliphatic carbocycles. The number of hydrogen-bond donors (Lipinski definition) is 0. The van der Waals surface area contributed by atoms with Gasteiger partial charge in [-0.3, -0.25) is 14.9 Å². The maximum atomic E-state index is 12.9. The number of halogens is 1. The Balaban J connectivity index is 1.80. The zero-order valence-corrected chi connectivity index (χ0v) is 17.1. The van der Waals surface area contributed by atoms with Crippen molar-refractivity contribution in [2.75, 3.05) is 14.2 Å². The highest BCUT2D eigenvalue weighted by Gasteiger charge is 2.21. The van der Waals surface area contributed by atoms with Gasteiger partial charge in [0, 0.05) is 30.7 Å². The van der Waals surface area contributed by atoms with Gasteiger partial charge in [-0.25, -0.2) is 0 Å². The highest BCUT2D eigenvalue weighted by atomic mass is 35.5. The molecule has 1 atom stereocenters. The van der Waals surface area contributed by atoms with Crippen molar-refractivity contribution in [2.24, 2.45) is 0 Å². The third-order valence-corrected chi connectivity index (χ3v) is 5.33. The van der Waals surface area contributed by atoms with Gasteiger partial charge in [-0.2, -0.15) is 0 Å². The van der Waals surface area contributed by atoms with Gasteiger partial charge in [0.25, 0.3) is 5.69 Å². The van der Waals surface area contributed by atoms with Crippen LogP contribution in [0.1, 0.15) is 24.0 Å². The Labute approximate surface area is 173 Å². The molecule has 150 valence electrons. The number of nitro groups is 1. The summed E-state index contributed by atoms with van der Waals surface area (Å²) in [6, 6.07) is 15.9.